The second-order valence-electron chi connectivity index (χ2n) is 10.4. The Morgan fingerprint density at radius 2 is 1.63 bits per heavy atom. The molecule has 5 aromatic rings. The van der Waals surface area contributed by atoms with Crippen LogP contribution in [0.25, 0.3) is 23.0 Å². The van der Waals surface area contributed by atoms with Gasteiger partial charge in [0.2, 0.25) is 0 Å². The van der Waals surface area contributed by atoms with Crippen LogP contribution < -0.4 is 19.6 Å². The number of methoxy groups -OCH3 is 2. The summed E-state index contributed by atoms with van der Waals surface area (Å²) in [5.74, 6) is -0.339. The van der Waals surface area contributed by atoms with Gasteiger partial charge in [0, 0.05) is 17.3 Å². The van der Waals surface area contributed by atoms with Crippen LogP contribution >= 0.6 is 11.3 Å². The summed E-state index contributed by atoms with van der Waals surface area (Å²) >= 11 is 1.22. The molecule has 0 bridgehead atoms. The van der Waals surface area contributed by atoms with Gasteiger partial charge >= 0.3 is 11.9 Å². The minimum Gasteiger partial charge on any atom is -0.494 e. The van der Waals surface area contributed by atoms with E-state index in [0.29, 0.717) is 38.5 Å². The van der Waals surface area contributed by atoms with E-state index >= 15 is 0 Å². The molecule has 0 fully saturated rings. The number of thiazole rings is 1. The number of rotatable bonds is 8. The SMILES string of the molecule is CCOc1ccc(-c2nn(-c3ccccc3)cc2C=c2sc3n(c2=O)C(c2ccc(C(=O)OC)cc2)C(C(=O)OC)=C(C)N=3)cc1. The van der Waals surface area contributed by atoms with Crippen molar-refractivity contribution >= 4 is 29.4 Å². The second-order valence-corrected chi connectivity index (χ2v) is 11.4. The number of nitrogens with zero attached hydrogens (tertiary/aromatic N) is 4. The Balaban J connectivity index is 1.53. The molecule has 10 nitrogen and oxygen atoms in total. The molecular formula is C35H30N4O6S. The molecule has 11 heteroatoms. The van der Waals surface area contributed by atoms with E-state index in [1.165, 1.54) is 30.1 Å². The highest BCUT2D eigenvalue weighted by atomic mass is 32.1. The van der Waals surface area contributed by atoms with Crippen molar-refractivity contribution in [1.29, 1.82) is 0 Å². The normalized spacial score (nSPS) is 14.4. The van der Waals surface area contributed by atoms with Gasteiger partial charge in [-0.1, -0.05) is 41.7 Å². The summed E-state index contributed by atoms with van der Waals surface area (Å²) in [6.07, 6.45) is 3.68. The third-order valence-electron chi connectivity index (χ3n) is 7.56. The summed E-state index contributed by atoms with van der Waals surface area (Å²) in [6.45, 7) is 4.20. The average Bonchev–Trinajstić information content (AvgIpc) is 3.64. The zero-order valence-electron chi connectivity index (χ0n) is 25.6. The highest BCUT2D eigenvalue weighted by Gasteiger charge is 2.33. The highest BCUT2D eigenvalue weighted by Crippen LogP contribution is 2.31. The van der Waals surface area contributed by atoms with Crippen LogP contribution in [-0.4, -0.2) is 47.1 Å². The van der Waals surface area contributed by atoms with E-state index in [1.54, 1.807) is 41.9 Å². The third kappa shape index (κ3) is 5.68. The van der Waals surface area contributed by atoms with Crippen molar-refractivity contribution in [3.05, 3.63) is 133 Å². The first kappa shape index (κ1) is 30.5. The molecule has 0 N–H and O–H groups in total. The maximum Gasteiger partial charge on any atom is 0.338 e. The van der Waals surface area contributed by atoms with Gasteiger partial charge in [-0.05, 0) is 74.0 Å². The summed E-state index contributed by atoms with van der Waals surface area (Å²) in [5.41, 5.74) is 4.42. The lowest BCUT2D eigenvalue weighted by atomic mass is 9.95. The zero-order valence-corrected chi connectivity index (χ0v) is 26.4. The molecule has 3 heterocycles. The summed E-state index contributed by atoms with van der Waals surface area (Å²) < 4.78 is 19.3. The van der Waals surface area contributed by atoms with Crippen molar-refractivity contribution in [3.63, 3.8) is 0 Å². The Labute approximate surface area is 268 Å². The van der Waals surface area contributed by atoms with Gasteiger partial charge in [-0.15, -0.1) is 0 Å². The fourth-order valence-corrected chi connectivity index (χ4v) is 6.41. The quantitative estimate of drug-likeness (QED) is 0.232. The number of hydrogen-bond donors (Lipinski definition) is 0. The second kappa shape index (κ2) is 12.8. The van der Waals surface area contributed by atoms with E-state index in [4.69, 9.17) is 19.3 Å². The van der Waals surface area contributed by atoms with Crippen molar-refractivity contribution in [2.45, 2.75) is 19.9 Å². The summed E-state index contributed by atoms with van der Waals surface area (Å²) in [6, 6.07) is 23.1. The summed E-state index contributed by atoms with van der Waals surface area (Å²) in [5, 5.41) is 4.89. The predicted octanol–water partition coefficient (Wildman–Crippen LogP) is 4.45. The van der Waals surface area contributed by atoms with Crippen LogP contribution in [0.1, 0.15) is 41.4 Å². The Bertz CT molecular complexity index is 2140. The van der Waals surface area contributed by atoms with E-state index in [-0.39, 0.29) is 11.1 Å². The van der Waals surface area contributed by atoms with Gasteiger partial charge in [0.05, 0.1) is 53.9 Å². The monoisotopic (exact) mass is 634 g/mol. The minimum atomic E-state index is -0.824. The smallest absolute Gasteiger partial charge is 0.338 e. The highest BCUT2D eigenvalue weighted by molar-refractivity contribution is 7.07. The predicted molar refractivity (Wildman–Crippen MR) is 174 cm³/mol. The third-order valence-corrected chi connectivity index (χ3v) is 8.55. The van der Waals surface area contributed by atoms with Crippen molar-refractivity contribution in [2.75, 3.05) is 20.8 Å². The maximum atomic E-state index is 14.2. The molecule has 3 aromatic carbocycles. The molecule has 0 saturated carbocycles. The lowest BCUT2D eigenvalue weighted by Crippen LogP contribution is -2.39. The van der Waals surface area contributed by atoms with Gasteiger partial charge in [-0.2, -0.15) is 5.10 Å². The van der Waals surface area contributed by atoms with Gasteiger partial charge in [0.1, 0.15) is 11.4 Å². The molecule has 0 aliphatic carbocycles. The van der Waals surface area contributed by atoms with Gasteiger partial charge in [0.15, 0.2) is 4.80 Å². The van der Waals surface area contributed by atoms with Crippen molar-refractivity contribution in [1.82, 2.24) is 14.3 Å². The summed E-state index contributed by atoms with van der Waals surface area (Å²) in [7, 11) is 2.60. The molecular weight excluding hydrogens is 604 g/mol. The molecule has 0 spiro atoms. The van der Waals surface area contributed by atoms with E-state index in [9.17, 15) is 14.4 Å². The zero-order chi connectivity index (χ0) is 32.4. The Kier molecular flexibility index (Phi) is 8.49. The maximum absolute atomic E-state index is 14.2. The molecule has 6 rings (SSSR count). The molecule has 1 aliphatic rings. The van der Waals surface area contributed by atoms with E-state index in [2.05, 4.69) is 4.99 Å². The molecule has 1 aliphatic heterocycles. The lowest BCUT2D eigenvalue weighted by molar-refractivity contribution is -0.136. The number of ether oxygens (including phenoxy) is 3. The van der Waals surface area contributed by atoms with Gasteiger partial charge in [0.25, 0.3) is 5.56 Å². The van der Waals surface area contributed by atoms with Crippen LogP contribution in [-0.2, 0) is 14.3 Å². The molecule has 2 aromatic heterocycles. The average molecular weight is 635 g/mol. The van der Waals surface area contributed by atoms with E-state index in [1.807, 2.05) is 67.7 Å². The molecule has 1 unspecified atom stereocenters. The number of hydrogen-bond acceptors (Lipinski definition) is 9. The Hall–Kier alpha value is -5.55. The van der Waals surface area contributed by atoms with Crippen LogP contribution in [0.3, 0.4) is 0 Å². The minimum absolute atomic E-state index is 0.235. The lowest BCUT2D eigenvalue weighted by Gasteiger charge is -2.24. The van der Waals surface area contributed by atoms with Crippen LogP contribution in [0.2, 0.25) is 0 Å². The number of para-hydroxylation sites is 1. The Morgan fingerprint density at radius 3 is 2.28 bits per heavy atom. The molecule has 0 saturated heterocycles. The van der Waals surface area contributed by atoms with Crippen LogP contribution in [0.5, 0.6) is 5.75 Å². The first-order chi connectivity index (χ1) is 22.3. The standard InChI is InChI=1S/C35H30N4O6S/c1-5-45-27-17-15-22(16-18-27)30-25(20-38(37-30)26-9-7-6-8-10-26)19-28-32(40)39-31(23-11-13-24(14-12-23)33(41)43-3)29(34(42)44-4)21(2)36-35(39)46-28/h6-20,31H,5H2,1-4H3. The number of carbonyl (C=O) groups excluding carboxylic acids is 2. The van der Waals surface area contributed by atoms with Crippen LogP contribution in [0.4, 0.5) is 0 Å². The summed E-state index contributed by atoms with van der Waals surface area (Å²) in [4.78, 5) is 44.4. The van der Waals surface area contributed by atoms with E-state index in [0.717, 1.165) is 22.6 Å². The van der Waals surface area contributed by atoms with Crippen molar-refractivity contribution < 1.29 is 23.8 Å². The first-order valence-corrected chi connectivity index (χ1v) is 15.3. The first-order valence-electron chi connectivity index (χ1n) is 14.5. The fraction of sp³-hybridized carbons (Fsp3) is 0.171. The van der Waals surface area contributed by atoms with Crippen molar-refractivity contribution in [3.8, 4) is 22.7 Å². The molecule has 0 amide bonds. The molecule has 1 atom stereocenters. The van der Waals surface area contributed by atoms with Crippen LogP contribution in [0, 0.1) is 0 Å². The topological polar surface area (TPSA) is 114 Å². The van der Waals surface area contributed by atoms with Crippen molar-refractivity contribution in [2.24, 2.45) is 4.99 Å². The van der Waals surface area contributed by atoms with E-state index < -0.39 is 18.0 Å². The van der Waals surface area contributed by atoms with Gasteiger partial charge < -0.3 is 14.2 Å². The van der Waals surface area contributed by atoms with Gasteiger partial charge in [-0.25, -0.2) is 19.3 Å². The number of carbonyl (C=O) groups is 2. The number of allylic oxidation sites excluding steroid dienone is 1. The largest absolute Gasteiger partial charge is 0.494 e. The molecule has 232 valence electrons. The molecule has 0 radical (unpaired) electrons. The Morgan fingerprint density at radius 1 is 0.935 bits per heavy atom. The van der Waals surface area contributed by atoms with Gasteiger partial charge in [-0.3, -0.25) is 9.36 Å². The van der Waals surface area contributed by atoms with Crippen LogP contribution in [0.15, 0.2) is 106 Å². The number of esters is 2. The fourth-order valence-electron chi connectivity index (χ4n) is 5.37. The number of benzene rings is 3. The molecule has 46 heavy (non-hydrogen) atoms. The number of aromatic nitrogens is 3. The number of fused-ring (bicyclic) bond motifs is 1.